The topological polar surface area (TPSA) is 289 Å². The second kappa shape index (κ2) is 36.1. The number of phosphoric ester groups is 1. The van der Waals surface area contributed by atoms with Crippen molar-refractivity contribution in [2.24, 2.45) is 0 Å². The van der Waals surface area contributed by atoms with Gasteiger partial charge in [-0.1, -0.05) is 141 Å². The van der Waals surface area contributed by atoms with Crippen LogP contribution in [0.2, 0.25) is 0 Å². The van der Waals surface area contributed by atoms with Gasteiger partial charge in [0, 0.05) is 12.8 Å². The van der Waals surface area contributed by atoms with Gasteiger partial charge in [0.25, 0.3) is 0 Å². The SMILES string of the molecule is CCCCCC/C=C\C/C=C\CCCCCCCC(=O)OC[C@H](COP(=O)(O)O[C@@H]1C(O)C(O)[C@@H](O)C(O)[C@H]1O[C@H]1OC(CO)[C@@H](O)C(O)[C@H]1O)OC(=O)CCCCCCCCCCCCC. The van der Waals surface area contributed by atoms with E-state index in [9.17, 15) is 59.9 Å². The molecule has 0 aromatic carbocycles. The first-order valence-electron chi connectivity index (χ1n) is 25.2. The number of aliphatic hydroxyl groups excluding tert-OH is 8. The van der Waals surface area contributed by atoms with Gasteiger partial charge >= 0.3 is 19.8 Å². The Morgan fingerprint density at radius 3 is 1.57 bits per heavy atom. The van der Waals surface area contributed by atoms with E-state index in [2.05, 4.69) is 38.2 Å². The summed E-state index contributed by atoms with van der Waals surface area (Å²) in [6, 6.07) is 0. The van der Waals surface area contributed by atoms with Gasteiger partial charge in [0.05, 0.1) is 13.2 Å². The third-order valence-electron chi connectivity index (χ3n) is 12.2. The molecule has 1 aliphatic carbocycles. The lowest BCUT2D eigenvalue weighted by atomic mass is 9.84. The number of carbonyl (C=O) groups excluding carboxylic acids is 2. The predicted molar refractivity (Wildman–Crippen MR) is 249 cm³/mol. The number of hydrogen-bond donors (Lipinski definition) is 9. The van der Waals surface area contributed by atoms with E-state index in [1.165, 1.54) is 64.2 Å². The van der Waals surface area contributed by atoms with Crippen molar-refractivity contribution in [3.63, 3.8) is 0 Å². The summed E-state index contributed by atoms with van der Waals surface area (Å²) in [5.74, 6) is -1.23. The van der Waals surface area contributed by atoms with Crippen LogP contribution < -0.4 is 0 Å². The molecule has 2 rings (SSSR count). The number of ether oxygens (including phenoxy) is 4. The Kier molecular flexibility index (Phi) is 33.0. The monoisotopic (exact) mass is 983 g/mol. The number of phosphoric acid groups is 1. The zero-order valence-electron chi connectivity index (χ0n) is 40.2. The van der Waals surface area contributed by atoms with Crippen LogP contribution in [0, 0.1) is 0 Å². The maximum absolute atomic E-state index is 13.4. The molecule has 1 aliphatic heterocycles. The summed E-state index contributed by atoms with van der Waals surface area (Å²) in [4.78, 5) is 36.5. The maximum Gasteiger partial charge on any atom is 0.472 e. The first-order valence-corrected chi connectivity index (χ1v) is 26.7. The smallest absolute Gasteiger partial charge is 0.462 e. The van der Waals surface area contributed by atoms with Crippen LogP contribution in [0.15, 0.2) is 24.3 Å². The van der Waals surface area contributed by atoms with E-state index in [0.717, 1.165) is 70.6 Å². The van der Waals surface area contributed by atoms with Crippen molar-refractivity contribution in [2.75, 3.05) is 19.8 Å². The van der Waals surface area contributed by atoms with Gasteiger partial charge < -0.3 is 64.7 Å². The van der Waals surface area contributed by atoms with Crippen LogP contribution in [0.3, 0.4) is 0 Å². The van der Waals surface area contributed by atoms with Crippen LogP contribution in [0.5, 0.6) is 0 Å². The second-order valence-corrected chi connectivity index (χ2v) is 19.4. The lowest BCUT2D eigenvalue weighted by Crippen LogP contribution is -2.67. The standard InChI is InChI=1S/C48H87O18P/c1-3-5-7-9-11-13-15-16-17-18-19-21-22-24-26-28-30-37(50)61-33-35(63-38(51)31-29-27-25-23-20-14-12-10-8-6-4-2)34-62-67(59,60)66-47-44(57)42(55)41(54)43(56)46(47)65-48-45(58)40(53)39(52)36(32-49)64-48/h13,15,17-18,35-36,39-49,52-58H,3-12,14,16,19-34H2,1-2H3,(H,59,60)/b15-13-,18-17-/t35-,36?,39-,40?,41-,42?,43?,44?,45-,46-,47-,48-/m1/s1. The van der Waals surface area contributed by atoms with Gasteiger partial charge in [-0.3, -0.25) is 18.6 Å². The molecule has 1 saturated carbocycles. The summed E-state index contributed by atoms with van der Waals surface area (Å²) in [6.07, 6.45) is 9.83. The lowest BCUT2D eigenvalue weighted by molar-refractivity contribution is -0.338. The van der Waals surface area contributed by atoms with Gasteiger partial charge in [0.15, 0.2) is 12.4 Å². The summed E-state index contributed by atoms with van der Waals surface area (Å²) in [7, 11) is -5.37. The highest BCUT2D eigenvalue weighted by Gasteiger charge is 2.55. The Morgan fingerprint density at radius 2 is 1.03 bits per heavy atom. The molecule has 392 valence electrons. The number of aliphatic hydroxyl groups is 8. The van der Waals surface area contributed by atoms with Gasteiger partial charge in [0.2, 0.25) is 0 Å². The molecule has 2 fully saturated rings. The van der Waals surface area contributed by atoms with Gasteiger partial charge in [-0.2, -0.15) is 0 Å². The van der Waals surface area contributed by atoms with Crippen molar-refractivity contribution in [1.82, 2.24) is 0 Å². The molecule has 67 heavy (non-hydrogen) atoms. The largest absolute Gasteiger partial charge is 0.472 e. The molecule has 1 heterocycles. The lowest BCUT2D eigenvalue weighted by Gasteiger charge is -2.47. The Hall–Kier alpha value is -1.87. The minimum Gasteiger partial charge on any atom is -0.462 e. The summed E-state index contributed by atoms with van der Waals surface area (Å²) in [5, 5.41) is 82.9. The molecule has 0 bridgehead atoms. The van der Waals surface area contributed by atoms with Crippen molar-refractivity contribution in [1.29, 1.82) is 0 Å². The van der Waals surface area contributed by atoms with Crippen LogP contribution >= 0.6 is 7.82 Å². The van der Waals surface area contributed by atoms with E-state index in [4.69, 9.17) is 28.0 Å². The van der Waals surface area contributed by atoms with E-state index in [0.29, 0.717) is 12.8 Å². The molecular formula is C48H87O18P. The van der Waals surface area contributed by atoms with Crippen molar-refractivity contribution < 1.29 is 87.9 Å². The highest BCUT2D eigenvalue weighted by molar-refractivity contribution is 7.47. The summed E-state index contributed by atoms with van der Waals surface area (Å²) >= 11 is 0. The average Bonchev–Trinajstić information content (AvgIpc) is 3.31. The second-order valence-electron chi connectivity index (χ2n) is 18.0. The molecule has 0 aromatic heterocycles. The Morgan fingerprint density at radius 1 is 0.567 bits per heavy atom. The predicted octanol–water partition coefficient (Wildman–Crippen LogP) is 5.49. The number of hydrogen-bond acceptors (Lipinski definition) is 17. The van der Waals surface area contributed by atoms with E-state index >= 15 is 0 Å². The fourth-order valence-electron chi connectivity index (χ4n) is 7.97. The number of esters is 2. The van der Waals surface area contributed by atoms with Crippen LogP contribution in [-0.2, 0) is 42.1 Å². The zero-order valence-corrected chi connectivity index (χ0v) is 41.1. The van der Waals surface area contributed by atoms with Gasteiger partial charge in [-0.05, 0) is 44.9 Å². The van der Waals surface area contributed by atoms with E-state index in [1.54, 1.807) is 0 Å². The fourth-order valence-corrected chi connectivity index (χ4v) is 8.94. The quantitative estimate of drug-likeness (QED) is 0.0160. The van der Waals surface area contributed by atoms with Crippen molar-refractivity contribution in [3.05, 3.63) is 24.3 Å². The minimum absolute atomic E-state index is 0.0319. The zero-order chi connectivity index (χ0) is 49.5. The normalized spacial score (nSPS) is 28.2. The molecule has 0 aromatic rings. The van der Waals surface area contributed by atoms with Gasteiger partial charge in [-0.25, -0.2) is 4.57 Å². The van der Waals surface area contributed by atoms with Crippen molar-refractivity contribution in [2.45, 2.75) is 248 Å². The Labute approximate surface area is 398 Å². The summed E-state index contributed by atoms with van der Waals surface area (Å²) in [5.41, 5.74) is 0. The van der Waals surface area contributed by atoms with Crippen LogP contribution in [0.25, 0.3) is 0 Å². The summed E-state index contributed by atoms with van der Waals surface area (Å²) in [6.45, 7) is 2.18. The Bertz CT molecular complexity index is 1400. The summed E-state index contributed by atoms with van der Waals surface area (Å²) < 4.78 is 45.4. The molecule has 0 spiro atoms. The fraction of sp³-hybridized carbons (Fsp3) is 0.875. The van der Waals surface area contributed by atoms with Crippen molar-refractivity contribution >= 4 is 19.8 Å². The number of allylic oxidation sites excluding steroid dienone is 4. The van der Waals surface area contributed by atoms with Gasteiger partial charge in [-0.15, -0.1) is 0 Å². The van der Waals surface area contributed by atoms with E-state index < -0.39 is 113 Å². The third-order valence-corrected chi connectivity index (χ3v) is 13.1. The first kappa shape index (κ1) is 61.3. The molecule has 0 radical (unpaired) electrons. The van der Waals surface area contributed by atoms with Crippen molar-refractivity contribution in [3.8, 4) is 0 Å². The van der Waals surface area contributed by atoms with E-state index in [-0.39, 0.29) is 12.8 Å². The van der Waals surface area contributed by atoms with Crippen LogP contribution in [0.1, 0.15) is 174 Å². The molecule has 19 heteroatoms. The Balaban J connectivity index is 1.95. The number of carbonyl (C=O) groups is 2. The molecule has 1 saturated heterocycles. The number of rotatable bonds is 38. The van der Waals surface area contributed by atoms with Crippen LogP contribution in [0.4, 0.5) is 0 Å². The molecule has 13 atom stereocenters. The molecular weight excluding hydrogens is 895 g/mol. The highest BCUT2D eigenvalue weighted by atomic mass is 31.2. The molecule has 9 N–H and O–H groups in total. The van der Waals surface area contributed by atoms with Gasteiger partial charge in [0.1, 0.15) is 67.6 Å². The van der Waals surface area contributed by atoms with E-state index in [1.807, 2.05) is 0 Å². The van der Waals surface area contributed by atoms with Crippen LogP contribution in [-0.4, -0.2) is 151 Å². The first-order chi connectivity index (χ1) is 32.2. The highest BCUT2D eigenvalue weighted by Crippen LogP contribution is 2.48. The average molecular weight is 983 g/mol. The molecule has 2 aliphatic rings. The molecule has 0 amide bonds. The molecule has 18 nitrogen and oxygen atoms in total. The maximum atomic E-state index is 13.4. The third kappa shape index (κ3) is 25.2. The molecule has 6 unspecified atom stereocenters. The number of unbranched alkanes of at least 4 members (excludes halogenated alkanes) is 19. The minimum atomic E-state index is -5.37.